The number of methoxy groups -OCH3 is 3. The molecule has 1 aliphatic rings. The first-order valence-electron chi connectivity index (χ1n) is 8.00. The predicted molar refractivity (Wildman–Crippen MR) is 89.5 cm³/mol. The highest BCUT2D eigenvalue weighted by Gasteiger charge is 2.26. The molecule has 0 radical (unpaired) electrons. The van der Waals surface area contributed by atoms with Crippen LogP contribution in [-0.4, -0.2) is 46.5 Å². The number of hydrogen-bond donors (Lipinski definition) is 2. The first-order chi connectivity index (χ1) is 11.6. The number of rotatable bonds is 7. The number of benzene rings is 1. The van der Waals surface area contributed by atoms with E-state index in [4.69, 9.17) is 24.7 Å². The van der Waals surface area contributed by atoms with Crippen LogP contribution in [0.5, 0.6) is 17.2 Å². The molecule has 1 fully saturated rings. The summed E-state index contributed by atoms with van der Waals surface area (Å²) in [5.41, 5.74) is 6.84. The Kier molecular flexibility index (Phi) is 6.69. The van der Waals surface area contributed by atoms with Crippen molar-refractivity contribution in [2.75, 3.05) is 34.5 Å². The van der Waals surface area contributed by atoms with E-state index in [1.807, 2.05) is 0 Å². The van der Waals surface area contributed by atoms with Gasteiger partial charge in [0.2, 0.25) is 5.91 Å². The van der Waals surface area contributed by atoms with Crippen molar-refractivity contribution in [1.29, 1.82) is 0 Å². The predicted octanol–water partition coefficient (Wildman–Crippen LogP) is 1.08. The van der Waals surface area contributed by atoms with Gasteiger partial charge in [0.15, 0.2) is 0 Å². The van der Waals surface area contributed by atoms with E-state index in [-0.39, 0.29) is 18.4 Å². The second kappa shape index (κ2) is 8.75. The Balaban J connectivity index is 2.06. The van der Waals surface area contributed by atoms with Crippen molar-refractivity contribution in [1.82, 2.24) is 5.32 Å². The van der Waals surface area contributed by atoms with Crippen LogP contribution in [0.2, 0.25) is 0 Å². The lowest BCUT2D eigenvalue weighted by molar-refractivity contribution is -0.124. The van der Waals surface area contributed by atoms with Gasteiger partial charge in [0.1, 0.15) is 17.2 Å². The van der Waals surface area contributed by atoms with E-state index in [1.54, 1.807) is 33.5 Å². The van der Waals surface area contributed by atoms with Crippen LogP contribution in [0.4, 0.5) is 0 Å². The summed E-state index contributed by atoms with van der Waals surface area (Å²) in [5, 5.41) is 2.88. The number of carbonyl (C=O) groups excluding carboxylic acids is 1. The zero-order valence-corrected chi connectivity index (χ0v) is 14.5. The van der Waals surface area contributed by atoms with Gasteiger partial charge in [0.05, 0.1) is 39.5 Å². The molecule has 1 aromatic rings. The smallest absolute Gasteiger partial charge is 0.237 e. The lowest BCUT2D eigenvalue weighted by Crippen LogP contribution is -2.46. The van der Waals surface area contributed by atoms with E-state index in [1.165, 1.54) is 0 Å². The summed E-state index contributed by atoms with van der Waals surface area (Å²) in [4.78, 5) is 12.4. The maximum atomic E-state index is 12.4. The molecule has 1 heterocycles. The van der Waals surface area contributed by atoms with Crippen molar-refractivity contribution in [2.24, 2.45) is 11.7 Å². The summed E-state index contributed by atoms with van der Waals surface area (Å²) in [7, 11) is 4.70. The fraction of sp³-hybridized carbons (Fsp3) is 0.588. The fourth-order valence-corrected chi connectivity index (χ4v) is 2.83. The molecular weight excluding hydrogens is 312 g/mol. The topological polar surface area (TPSA) is 92.0 Å². The quantitative estimate of drug-likeness (QED) is 0.773. The summed E-state index contributed by atoms with van der Waals surface area (Å²) >= 11 is 0. The van der Waals surface area contributed by atoms with Gasteiger partial charge in [-0.2, -0.15) is 0 Å². The molecule has 0 aromatic heterocycles. The normalized spacial score (nSPS) is 16.3. The molecule has 1 atom stereocenters. The van der Waals surface area contributed by atoms with E-state index < -0.39 is 6.04 Å². The van der Waals surface area contributed by atoms with Crippen LogP contribution >= 0.6 is 0 Å². The average Bonchev–Trinajstić information content (AvgIpc) is 2.65. The largest absolute Gasteiger partial charge is 0.496 e. The fourth-order valence-electron chi connectivity index (χ4n) is 2.83. The number of amides is 1. The highest BCUT2D eigenvalue weighted by atomic mass is 16.5. The Morgan fingerprint density at radius 2 is 1.79 bits per heavy atom. The van der Waals surface area contributed by atoms with Crippen molar-refractivity contribution in [3.63, 3.8) is 0 Å². The minimum Gasteiger partial charge on any atom is -0.496 e. The standard InChI is InChI=1S/C17H26N2O5/c1-21-12-8-14(22-2)13(15(9-12)23-3)10-19-17(20)16(18)11-4-6-24-7-5-11/h8-9,11,16H,4-7,10,18H2,1-3H3,(H,19,20). The molecule has 0 bridgehead atoms. The number of nitrogens with one attached hydrogen (secondary N) is 1. The highest BCUT2D eigenvalue weighted by molar-refractivity contribution is 5.82. The van der Waals surface area contributed by atoms with Gasteiger partial charge in [0, 0.05) is 25.3 Å². The molecule has 134 valence electrons. The van der Waals surface area contributed by atoms with E-state index >= 15 is 0 Å². The van der Waals surface area contributed by atoms with Crippen LogP contribution in [0, 0.1) is 5.92 Å². The highest BCUT2D eigenvalue weighted by Crippen LogP contribution is 2.33. The molecule has 1 aliphatic heterocycles. The Morgan fingerprint density at radius 1 is 1.21 bits per heavy atom. The molecule has 7 heteroatoms. The van der Waals surface area contributed by atoms with Gasteiger partial charge in [-0.3, -0.25) is 4.79 Å². The Morgan fingerprint density at radius 3 is 2.29 bits per heavy atom. The lowest BCUT2D eigenvalue weighted by Gasteiger charge is -2.27. The second-order valence-corrected chi connectivity index (χ2v) is 5.70. The maximum Gasteiger partial charge on any atom is 0.237 e. The maximum absolute atomic E-state index is 12.4. The van der Waals surface area contributed by atoms with Crippen molar-refractivity contribution in [2.45, 2.75) is 25.4 Å². The summed E-state index contributed by atoms with van der Waals surface area (Å²) in [6.45, 7) is 1.59. The van der Waals surface area contributed by atoms with Crippen LogP contribution in [0.15, 0.2) is 12.1 Å². The third kappa shape index (κ3) is 4.30. The Hall–Kier alpha value is -1.99. The van der Waals surface area contributed by atoms with Crippen molar-refractivity contribution < 1.29 is 23.7 Å². The van der Waals surface area contributed by atoms with Crippen LogP contribution in [0.3, 0.4) is 0 Å². The summed E-state index contributed by atoms with van der Waals surface area (Å²) in [6.07, 6.45) is 1.62. The number of carbonyl (C=O) groups is 1. The molecule has 1 unspecified atom stereocenters. The zero-order valence-electron chi connectivity index (χ0n) is 14.5. The lowest BCUT2D eigenvalue weighted by atomic mass is 9.92. The molecule has 24 heavy (non-hydrogen) atoms. The van der Waals surface area contributed by atoms with Gasteiger partial charge in [-0.25, -0.2) is 0 Å². The molecule has 7 nitrogen and oxygen atoms in total. The van der Waals surface area contributed by atoms with E-state index in [0.29, 0.717) is 30.5 Å². The van der Waals surface area contributed by atoms with Crippen molar-refractivity contribution in [3.8, 4) is 17.2 Å². The average molecular weight is 338 g/mol. The molecule has 1 aromatic carbocycles. The number of ether oxygens (including phenoxy) is 4. The molecule has 0 saturated carbocycles. The van der Waals surface area contributed by atoms with Crippen LogP contribution < -0.4 is 25.3 Å². The summed E-state index contributed by atoms with van der Waals surface area (Å²) in [5.74, 6) is 1.77. The molecular formula is C17H26N2O5. The number of nitrogens with two attached hydrogens (primary N) is 1. The van der Waals surface area contributed by atoms with Crippen LogP contribution in [-0.2, 0) is 16.1 Å². The summed E-state index contributed by atoms with van der Waals surface area (Å²) < 4.78 is 21.3. The summed E-state index contributed by atoms with van der Waals surface area (Å²) in [6, 6.07) is 2.97. The first-order valence-corrected chi connectivity index (χ1v) is 8.00. The zero-order chi connectivity index (χ0) is 17.5. The Labute approximate surface area is 142 Å². The van der Waals surface area contributed by atoms with E-state index in [0.717, 1.165) is 18.4 Å². The SMILES string of the molecule is COc1cc(OC)c(CNC(=O)C(N)C2CCOCC2)c(OC)c1. The third-order valence-electron chi connectivity index (χ3n) is 4.33. The third-order valence-corrected chi connectivity index (χ3v) is 4.33. The van der Waals surface area contributed by atoms with Gasteiger partial charge in [0.25, 0.3) is 0 Å². The molecule has 3 N–H and O–H groups in total. The first kappa shape index (κ1) is 18.4. The van der Waals surface area contributed by atoms with Gasteiger partial charge in [-0.05, 0) is 18.8 Å². The van der Waals surface area contributed by atoms with Crippen molar-refractivity contribution in [3.05, 3.63) is 17.7 Å². The molecule has 2 rings (SSSR count). The molecule has 1 amide bonds. The van der Waals surface area contributed by atoms with Crippen LogP contribution in [0.25, 0.3) is 0 Å². The van der Waals surface area contributed by atoms with Gasteiger partial charge in [-0.15, -0.1) is 0 Å². The Bertz CT molecular complexity index is 533. The molecule has 0 spiro atoms. The second-order valence-electron chi connectivity index (χ2n) is 5.70. The minimum absolute atomic E-state index is 0.151. The monoisotopic (exact) mass is 338 g/mol. The number of hydrogen-bond acceptors (Lipinski definition) is 6. The molecule has 1 saturated heterocycles. The van der Waals surface area contributed by atoms with Crippen molar-refractivity contribution >= 4 is 5.91 Å². The van der Waals surface area contributed by atoms with Gasteiger partial charge >= 0.3 is 0 Å². The van der Waals surface area contributed by atoms with Crippen LogP contribution in [0.1, 0.15) is 18.4 Å². The van der Waals surface area contributed by atoms with E-state index in [2.05, 4.69) is 5.32 Å². The van der Waals surface area contributed by atoms with Gasteiger partial charge in [-0.1, -0.05) is 0 Å². The minimum atomic E-state index is -0.538. The molecule has 0 aliphatic carbocycles. The van der Waals surface area contributed by atoms with E-state index in [9.17, 15) is 4.79 Å². The van der Waals surface area contributed by atoms with Gasteiger partial charge < -0.3 is 30.0 Å².